The van der Waals surface area contributed by atoms with E-state index >= 15 is 0 Å². The van der Waals surface area contributed by atoms with Crippen LogP contribution in [0.4, 0.5) is 5.69 Å². The van der Waals surface area contributed by atoms with E-state index < -0.39 is 12.0 Å². The molecule has 0 aliphatic heterocycles. The smallest absolute Gasteiger partial charge is 0.338 e. The molecule has 1 heterocycles. The summed E-state index contributed by atoms with van der Waals surface area (Å²) in [6.07, 6.45) is 0. The Balaban J connectivity index is 1.59. The molecule has 0 aliphatic carbocycles. The van der Waals surface area contributed by atoms with Crippen molar-refractivity contribution in [1.82, 2.24) is 20.1 Å². The third-order valence-electron chi connectivity index (χ3n) is 4.99. The van der Waals surface area contributed by atoms with Crippen LogP contribution in [0, 0.1) is 0 Å². The van der Waals surface area contributed by atoms with Gasteiger partial charge in [0.25, 0.3) is 5.91 Å². The van der Waals surface area contributed by atoms with Crippen molar-refractivity contribution in [3.63, 3.8) is 0 Å². The summed E-state index contributed by atoms with van der Waals surface area (Å²) in [6, 6.07) is 10.7. The number of benzene rings is 2. The Morgan fingerprint density at radius 3 is 2.36 bits per heavy atom. The number of hydrogen-bond acceptors (Lipinski definition) is 7. The number of thioether (sulfide) groups is 1. The largest absolute Gasteiger partial charge is 0.462 e. The second-order valence-electron chi connectivity index (χ2n) is 7.54. The zero-order valence-corrected chi connectivity index (χ0v) is 22.2. The molecular formula is C24H25Cl2N5O4S. The van der Waals surface area contributed by atoms with Crippen LogP contribution >= 0.6 is 35.0 Å². The van der Waals surface area contributed by atoms with Crippen molar-refractivity contribution < 1.29 is 19.1 Å². The van der Waals surface area contributed by atoms with Gasteiger partial charge in [-0.25, -0.2) is 4.79 Å². The van der Waals surface area contributed by atoms with Crippen LogP contribution < -0.4 is 10.6 Å². The van der Waals surface area contributed by atoms with E-state index in [4.69, 9.17) is 27.9 Å². The van der Waals surface area contributed by atoms with Crippen LogP contribution in [0.25, 0.3) is 0 Å². The van der Waals surface area contributed by atoms with Crippen LogP contribution in [0.15, 0.2) is 47.6 Å². The monoisotopic (exact) mass is 549 g/mol. The van der Waals surface area contributed by atoms with Gasteiger partial charge in [-0.2, -0.15) is 0 Å². The molecule has 36 heavy (non-hydrogen) atoms. The maximum absolute atomic E-state index is 12.6. The minimum Gasteiger partial charge on any atom is -0.462 e. The van der Waals surface area contributed by atoms with Gasteiger partial charge in [-0.3, -0.25) is 9.59 Å². The molecule has 0 aliphatic rings. The Hall–Kier alpha value is -3.08. The van der Waals surface area contributed by atoms with Crippen molar-refractivity contribution in [2.75, 3.05) is 17.7 Å². The van der Waals surface area contributed by atoms with Gasteiger partial charge >= 0.3 is 5.97 Å². The number of carbonyl (C=O) groups excluding carboxylic acids is 3. The predicted molar refractivity (Wildman–Crippen MR) is 140 cm³/mol. The number of carbonyl (C=O) groups is 3. The molecule has 3 rings (SSSR count). The van der Waals surface area contributed by atoms with Crippen LogP contribution in [-0.4, -0.2) is 44.9 Å². The fraction of sp³-hybridized carbons (Fsp3) is 0.292. The summed E-state index contributed by atoms with van der Waals surface area (Å²) in [4.78, 5) is 36.8. The highest BCUT2D eigenvalue weighted by molar-refractivity contribution is 7.99. The number of nitrogens with zero attached hydrogens (tertiary/aromatic N) is 3. The van der Waals surface area contributed by atoms with Crippen LogP contribution in [0.2, 0.25) is 10.0 Å². The van der Waals surface area contributed by atoms with E-state index in [1.165, 1.54) is 17.8 Å². The fourth-order valence-electron chi connectivity index (χ4n) is 3.24. The molecule has 0 fully saturated rings. The molecule has 2 aromatic carbocycles. The first-order valence-electron chi connectivity index (χ1n) is 11.1. The van der Waals surface area contributed by atoms with E-state index in [9.17, 15) is 14.4 Å². The van der Waals surface area contributed by atoms with Gasteiger partial charge in [0.1, 0.15) is 0 Å². The molecule has 0 spiro atoms. The summed E-state index contributed by atoms with van der Waals surface area (Å²) in [6.45, 7) is 6.30. The molecule has 0 saturated carbocycles. The lowest BCUT2D eigenvalue weighted by atomic mass is 10.2. The highest BCUT2D eigenvalue weighted by Gasteiger charge is 2.20. The van der Waals surface area contributed by atoms with Gasteiger partial charge in [0.15, 0.2) is 11.0 Å². The first kappa shape index (κ1) is 27.5. The number of hydrogen-bond donors (Lipinski definition) is 2. The van der Waals surface area contributed by atoms with Gasteiger partial charge in [0, 0.05) is 17.8 Å². The summed E-state index contributed by atoms with van der Waals surface area (Å²) in [7, 11) is 0. The maximum Gasteiger partial charge on any atom is 0.338 e. The van der Waals surface area contributed by atoms with Gasteiger partial charge in [-0.15, -0.1) is 10.2 Å². The molecule has 190 valence electrons. The lowest BCUT2D eigenvalue weighted by Crippen LogP contribution is -2.28. The van der Waals surface area contributed by atoms with Crippen molar-refractivity contribution in [2.45, 2.75) is 38.5 Å². The topological polar surface area (TPSA) is 115 Å². The first-order chi connectivity index (χ1) is 17.2. The van der Waals surface area contributed by atoms with E-state index in [1.807, 2.05) is 11.5 Å². The number of rotatable bonds is 10. The van der Waals surface area contributed by atoms with Crippen molar-refractivity contribution in [3.05, 3.63) is 69.5 Å². The third kappa shape index (κ3) is 6.99. The molecule has 0 bridgehead atoms. The van der Waals surface area contributed by atoms with E-state index in [2.05, 4.69) is 20.8 Å². The Morgan fingerprint density at radius 1 is 1.03 bits per heavy atom. The van der Waals surface area contributed by atoms with E-state index in [0.717, 1.165) is 0 Å². The second kappa shape index (κ2) is 12.8. The molecule has 0 saturated heterocycles. The highest BCUT2D eigenvalue weighted by atomic mass is 35.5. The minimum absolute atomic E-state index is 0.0990. The zero-order chi connectivity index (χ0) is 26.2. The van der Waals surface area contributed by atoms with Gasteiger partial charge in [0.2, 0.25) is 5.91 Å². The van der Waals surface area contributed by atoms with Crippen LogP contribution in [0.1, 0.15) is 53.4 Å². The summed E-state index contributed by atoms with van der Waals surface area (Å²) in [5, 5.41) is 15.3. The van der Waals surface area contributed by atoms with Gasteiger partial charge < -0.3 is 19.9 Å². The zero-order valence-electron chi connectivity index (χ0n) is 19.9. The molecule has 2 amide bonds. The number of nitrogens with one attached hydrogen (secondary N) is 2. The van der Waals surface area contributed by atoms with Crippen molar-refractivity contribution in [2.24, 2.45) is 0 Å². The average Bonchev–Trinajstić information content (AvgIpc) is 3.28. The molecule has 0 radical (unpaired) electrons. The average molecular weight is 550 g/mol. The maximum atomic E-state index is 12.6. The SMILES string of the molecule is CCOC(=O)c1ccc(NC(=O)CSc2nnc([C@@H](C)NC(=O)c3ccc(Cl)c(Cl)c3)n2CC)cc1. The molecule has 12 heteroatoms. The molecule has 0 unspecified atom stereocenters. The van der Waals surface area contributed by atoms with E-state index in [1.54, 1.807) is 50.2 Å². The van der Waals surface area contributed by atoms with Crippen LogP contribution in [0.5, 0.6) is 0 Å². The quantitative estimate of drug-likeness (QED) is 0.270. The normalized spacial score (nSPS) is 11.6. The number of halogens is 2. The fourth-order valence-corrected chi connectivity index (χ4v) is 4.34. The van der Waals surface area contributed by atoms with Crippen molar-refractivity contribution in [1.29, 1.82) is 0 Å². The minimum atomic E-state index is -0.444. The van der Waals surface area contributed by atoms with Crippen LogP contribution in [-0.2, 0) is 16.1 Å². The number of anilines is 1. The number of amides is 2. The molecule has 3 aromatic rings. The Morgan fingerprint density at radius 2 is 1.72 bits per heavy atom. The lowest BCUT2D eigenvalue weighted by molar-refractivity contribution is -0.113. The molecular weight excluding hydrogens is 525 g/mol. The highest BCUT2D eigenvalue weighted by Crippen LogP contribution is 2.24. The standard InChI is InChI=1S/C24H25Cl2N5O4S/c1-4-31-21(14(3)27-22(33)16-8-11-18(25)19(26)12-16)29-30-24(31)36-13-20(32)28-17-9-6-15(7-10-17)23(34)35-5-2/h6-12,14H,4-5,13H2,1-3H3,(H,27,33)(H,28,32)/t14-/m1/s1. The van der Waals surface area contributed by atoms with Crippen molar-refractivity contribution in [3.8, 4) is 0 Å². The lowest BCUT2D eigenvalue weighted by Gasteiger charge is -2.15. The van der Waals surface area contributed by atoms with Gasteiger partial charge in [0.05, 0.1) is 34.0 Å². The molecule has 1 aromatic heterocycles. The molecule has 9 nitrogen and oxygen atoms in total. The second-order valence-corrected chi connectivity index (χ2v) is 9.30. The Kier molecular flexibility index (Phi) is 9.74. The van der Waals surface area contributed by atoms with Gasteiger partial charge in [-0.1, -0.05) is 35.0 Å². The first-order valence-corrected chi connectivity index (χ1v) is 12.9. The van der Waals surface area contributed by atoms with Crippen molar-refractivity contribution >= 4 is 58.4 Å². The number of aromatic nitrogens is 3. The number of ether oxygens (including phenoxy) is 1. The Labute approximate surface area is 222 Å². The third-order valence-corrected chi connectivity index (χ3v) is 6.70. The molecule has 2 N–H and O–H groups in total. The van der Waals surface area contributed by atoms with Crippen LogP contribution in [0.3, 0.4) is 0 Å². The summed E-state index contributed by atoms with van der Waals surface area (Å²) in [5.74, 6) is -0.320. The summed E-state index contributed by atoms with van der Waals surface area (Å²) >= 11 is 13.2. The Bertz CT molecular complexity index is 1250. The summed E-state index contributed by atoms with van der Waals surface area (Å²) < 4.78 is 6.79. The van der Waals surface area contributed by atoms with Gasteiger partial charge in [-0.05, 0) is 63.2 Å². The number of esters is 1. The van der Waals surface area contributed by atoms with E-state index in [-0.39, 0.29) is 17.6 Å². The molecule has 1 atom stereocenters. The van der Waals surface area contributed by atoms with E-state index in [0.29, 0.717) is 51.0 Å². The summed E-state index contributed by atoms with van der Waals surface area (Å²) in [5.41, 5.74) is 1.35. The predicted octanol–water partition coefficient (Wildman–Crippen LogP) is 5.00.